The summed E-state index contributed by atoms with van der Waals surface area (Å²) in [5.74, 6) is 0.779. The predicted octanol–water partition coefficient (Wildman–Crippen LogP) is 3.70. The van der Waals surface area contributed by atoms with Crippen molar-refractivity contribution in [2.45, 2.75) is 32.5 Å². The third-order valence-electron chi connectivity index (χ3n) is 3.41. The van der Waals surface area contributed by atoms with Crippen LogP contribution in [0.5, 0.6) is 5.75 Å². The standard InChI is InChI=1S/C17H22O3/c1-12(10-11-19-3)20-17-15(13(2)18)9-8-14-6-4-5-7-16(14)17/h4-9,12-13,18H,10-11H2,1-3H3. The fraction of sp³-hybridized carbons (Fsp3) is 0.412. The Bertz CT molecular complexity index is 563. The van der Waals surface area contributed by atoms with E-state index in [1.807, 2.05) is 43.3 Å². The van der Waals surface area contributed by atoms with E-state index in [2.05, 4.69) is 0 Å². The number of hydrogen-bond acceptors (Lipinski definition) is 3. The van der Waals surface area contributed by atoms with Crippen LogP contribution in [-0.2, 0) is 4.74 Å². The number of methoxy groups -OCH3 is 1. The van der Waals surface area contributed by atoms with Crippen LogP contribution in [0.3, 0.4) is 0 Å². The van der Waals surface area contributed by atoms with Gasteiger partial charge in [-0.1, -0.05) is 36.4 Å². The molecular formula is C17H22O3. The maximum atomic E-state index is 9.95. The molecule has 2 unspecified atom stereocenters. The van der Waals surface area contributed by atoms with Gasteiger partial charge in [-0.05, 0) is 19.2 Å². The highest BCUT2D eigenvalue weighted by Gasteiger charge is 2.15. The molecule has 2 aromatic carbocycles. The van der Waals surface area contributed by atoms with E-state index in [-0.39, 0.29) is 6.10 Å². The van der Waals surface area contributed by atoms with Gasteiger partial charge < -0.3 is 14.6 Å². The number of aliphatic hydroxyl groups excluding tert-OH is 1. The Morgan fingerprint density at radius 3 is 2.55 bits per heavy atom. The lowest BCUT2D eigenvalue weighted by molar-refractivity contribution is 0.131. The Labute approximate surface area is 120 Å². The van der Waals surface area contributed by atoms with E-state index in [1.165, 1.54) is 0 Å². The molecule has 0 radical (unpaired) electrons. The third kappa shape index (κ3) is 3.30. The first kappa shape index (κ1) is 14.8. The molecule has 0 saturated heterocycles. The smallest absolute Gasteiger partial charge is 0.133 e. The molecule has 2 aromatic rings. The summed E-state index contributed by atoms with van der Waals surface area (Å²) in [4.78, 5) is 0. The molecule has 0 aliphatic heterocycles. The maximum Gasteiger partial charge on any atom is 0.133 e. The molecule has 0 bridgehead atoms. The van der Waals surface area contributed by atoms with Crippen LogP contribution in [0.25, 0.3) is 10.8 Å². The zero-order valence-electron chi connectivity index (χ0n) is 12.3. The topological polar surface area (TPSA) is 38.7 Å². The van der Waals surface area contributed by atoms with E-state index in [0.29, 0.717) is 6.61 Å². The van der Waals surface area contributed by atoms with Crippen molar-refractivity contribution < 1.29 is 14.6 Å². The lowest BCUT2D eigenvalue weighted by Gasteiger charge is -2.20. The van der Waals surface area contributed by atoms with Crippen LogP contribution in [0.15, 0.2) is 36.4 Å². The largest absolute Gasteiger partial charge is 0.490 e. The predicted molar refractivity (Wildman–Crippen MR) is 81.2 cm³/mol. The number of ether oxygens (including phenoxy) is 2. The zero-order chi connectivity index (χ0) is 14.5. The van der Waals surface area contributed by atoms with Crippen molar-refractivity contribution in [3.8, 4) is 5.75 Å². The molecule has 20 heavy (non-hydrogen) atoms. The van der Waals surface area contributed by atoms with E-state index in [1.54, 1.807) is 14.0 Å². The average molecular weight is 274 g/mol. The van der Waals surface area contributed by atoms with Gasteiger partial charge in [0.25, 0.3) is 0 Å². The summed E-state index contributed by atoms with van der Waals surface area (Å²) in [6.45, 7) is 4.44. The Balaban J connectivity index is 2.39. The van der Waals surface area contributed by atoms with Gasteiger partial charge in [-0.25, -0.2) is 0 Å². The maximum absolute atomic E-state index is 9.95. The van der Waals surface area contributed by atoms with E-state index in [4.69, 9.17) is 9.47 Å². The number of rotatable bonds is 6. The molecule has 0 spiro atoms. The summed E-state index contributed by atoms with van der Waals surface area (Å²) < 4.78 is 11.2. The summed E-state index contributed by atoms with van der Waals surface area (Å²) >= 11 is 0. The van der Waals surface area contributed by atoms with Gasteiger partial charge in [0.05, 0.1) is 12.2 Å². The van der Waals surface area contributed by atoms with Gasteiger partial charge in [-0.2, -0.15) is 0 Å². The van der Waals surface area contributed by atoms with E-state index in [0.717, 1.165) is 28.5 Å². The van der Waals surface area contributed by atoms with Crippen molar-refractivity contribution in [3.63, 3.8) is 0 Å². The van der Waals surface area contributed by atoms with Crippen LogP contribution in [0, 0.1) is 0 Å². The van der Waals surface area contributed by atoms with Gasteiger partial charge in [0.2, 0.25) is 0 Å². The molecule has 1 N–H and O–H groups in total. The molecule has 0 saturated carbocycles. The molecule has 0 aliphatic rings. The number of benzene rings is 2. The summed E-state index contributed by atoms with van der Waals surface area (Å²) in [6, 6.07) is 12.0. The minimum Gasteiger partial charge on any atom is -0.490 e. The van der Waals surface area contributed by atoms with Gasteiger partial charge in [0.15, 0.2) is 0 Å². The first-order valence-corrected chi connectivity index (χ1v) is 6.98. The summed E-state index contributed by atoms with van der Waals surface area (Å²) in [7, 11) is 1.69. The van der Waals surface area contributed by atoms with Gasteiger partial charge in [-0.3, -0.25) is 0 Å². The van der Waals surface area contributed by atoms with Crippen LogP contribution in [0.4, 0.5) is 0 Å². The minimum absolute atomic E-state index is 0.0401. The molecule has 3 heteroatoms. The van der Waals surface area contributed by atoms with Gasteiger partial charge in [0.1, 0.15) is 5.75 Å². The molecule has 2 rings (SSSR count). The second kappa shape index (κ2) is 6.73. The fourth-order valence-corrected chi connectivity index (χ4v) is 2.26. The Morgan fingerprint density at radius 2 is 1.85 bits per heavy atom. The minimum atomic E-state index is -0.552. The summed E-state index contributed by atoms with van der Waals surface area (Å²) in [5.41, 5.74) is 0.827. The van der Waals surface area contributed by atoms with E-state index in [9.17, 15) is 5.11 Å². The molecule has 0 aliphatic carbocycles. The van der Waals surface area contributed by atoms with E-state index >= 15 is 0 Å². The second-order valence-electron chi connectivity index (χ2n) is 5.09. The Morgan fingerprint density at radius 1 is 1.10 bits per heavy atom. The van der Waals surface area contributed by atoms with Crippen molar-refractivity contribution >= 4 is 10.8 Å². The molecule has 108 valence electrons. The quantitative estimate of drug-likeness (QED) is 0.873. The number of fused-ring (bicyclic) bond motifs is 1. The molecule has 3 nitrogen and oxygen atoms in total. The summed E-state index contributed by atoms with van der Waals surface area (Å²) in [6.07, 6.45) is 0.307. The van der Waals surface area contributed by atoms with Gasteiger partial charge in [-0.15, -0.1) is 0 Å². The van der Waals surface area contributed by atoms with Crippen molar-refractivity contribution in [2.24, 2.45) is 0 Å². The molecule has 0 fully saturated rings. The summed E-state index contributed by atoms with van der Waals surface area (Å²) in [5, 5.41) is 12.1. The fourth-order valence-electron chi connectivity index (χ4n) is 2.26. The van der Waals surface area contributed by atoms with Crippen LogP contribution < -0.4 is 4.74 Å². The second-order valence-corrected chi connectivity index (χ2v) is 5.09. The van der Waals surface area contributed by atoms with Gasteiger partial charge in [0, 0.05) is 31.1 Å². The monoisotopic (exact) mass is 274 g/mol. The molecular weight excluding hydrogens is 252 g/mol. The van der Waals surface area contributed by atoms with Crippen LogP contribution in [-0.4, -0.2) is 24.9 Å². The Hall–Kier alpha value is -1.58. The first-order chi connectivity index (χ1) is 9.63. The number of aliphatic hydroxyl groups is 1. The lowest BCUT2D eigenvalue weighted by Crippen LogP contribution is -2.15. The number of hydrogen-bond donors (Lipinski definition) is 1. The van der Waals surface area contributed by atoms with E-state index < -0.39 is 6.10 Å². The first-order valence-electron chi connectivity index (χ1n) is 6.98. The van der Waals surface area contributed by atoms with Crippen molar-refractivity contribution in [1.29, 1.82) is 0 Å². The average Bonchev–Trinajstić information content (AvgIpc) is 2.45. The third-order valence-corrected chi connectivity index (χ3v) is 3.41. The molecule has 0 heterocycles. The Kier molecular flexibility index (Phi) is 4.99. The normalized spacial score (nSPS) is 14.2. The van der Waals surface area contributed by atoms with Gasteiger partial charge >= 0.3 is 0 Å². The lowest BCUT2D eigenvalue weighted by atomic mass is 10.0. The highest BCUT2D eigenvalue weighted by molar-refractivity contribution is 5.89. The van der Waals surface area contributed by atoms with Crippen LogP contribution >= 0.6 is 0 Å². The van der Waals surface area contributed by atoms with Crippen molar-refractivity contribution in [2.75, 3.05) is 13.7 Å². The highest BCUT2D eigenvalue weighted by atomic mass is 16.5. The molecule has 2 atom stereocenters. The van der Waals surface area contributed by atoms with Crippen molar-refractivity contribution in [1.82, 2.24) is 0 Å². The van der Waals surface area contributed by atoms with Crippen LogP contribution in [0.2, 0.25) is 0 Å². The zero-order valence-corrected chi connectivity index (χ0v) is 12.3. The molecule has 0 aromatic heterocycles. The van der Waals surface area contributed by atoms with Crippen LogP contribution in [0.1, 0.15) is 31.9 Å². The molecule has 0 amide bonds. The van der Waals surface area contributed by atoms with Crippen molar-refractivity contribution in [3.05, 3.63) is 42.0 Å². The highest BCUT2D eigenvalue weighted by Crippen LogP contribution is 2.34. The SMILES string of the molecule is COCCC(C)Oc1c(C(C)O)ccc2ccccc12.